The fourth-order valence-electron chi connectivity index (χ4n) is 1.61. The molecule has 1 saturated heterocycles. The van der Waals surface area contributed by atoms with E-state index < -0.39 is 0 Å². The van der Waals surface area contributed by atoms with Crippen molar-refractivity contribution in [2.45, 2.75) is 6.92 Å². The van der Waals surface area contributed by atoms with Crippen LogP contribution < -0.4 is 10.6 Å². The number of rotatable bonds is 3. The maximum absolute atomic E-state index is 11.7. The minimum absolute atomic E-state index is 0.0372. The summed E-state index contributed by atoms with van der Waals surface area (Å²) in [6.07, 6.45) is 0. The lowest BCUT2D eigenvalue weighted by molar-refractivity contribution is -0.0974. The average Bonchev–Trinajstić information content (AvgIpc) is 2.29. The summed E-state index contributed by atoms with van der Waals surface area (Å²) in [5.41, 5.74) is 0.534. The molecular formula is C12H14Cl2N2O2. The van der Waals surface area contributed by atoms with Gasteiger partial charge in [0.25, 0.3) is 0 Å². The molecule has 0 spiro atoms. The third-order valence-electron chi connectivity index (χ3n) is 2.75. The first kappa shape index (κ1) is 13.5. The molecule has 98 valence electrons. The van der Waals surface area contributed by atoms with Crippen molar-refractivity contribution < 1.29 is 9.53 Å². The average molecular weight is 289 g/mol. The highest BCUT2D eigenvalue weighted by molar-refractivity contribution is 6.35. The highest BCUT2D eigenvalue weighted by atomic mass is 35.5. The van der Waals surface area contributed by atoms with Crippen molar-refractivity contribution in [1.82, 2.24) is 5.32 Å². The lowest BCUT2D eigenvalue weighted by atomic mass is 9.89. The minimum Gasteiger partial charge on any atom is -0.380 e. The molecule has 1 aromatic rings. The monoisotopic (exact) mass is 288 g/mol. The summed E-state index contributed by atoms with van der Waals surface area (Å²) in [5, 5.41) is 6.43. The number of hydrogen-bond donors (Lipinski definition) is 2. The largest absolute Gasteiger partial charge is 0.380 e. The number of ether oxygens (including phenoxy) is 1. The van der Waals surface area contributed by atoms with Gasteiger partial charge in [0.05, 0.1) is 23.9 Å². The van der Waals surface area contributed by atoms with E-state index in [0.717, 1.165) is 0 Å². The Morgan fingerprint density at radius 3 is 2.78 bits per heavy atom. The van der Waals surface area contributed by atoms with Crippen LogP contribution in [-0.4, -0.2) is 25.8 Å². The molecule has 2 amide bonds. The number of anilines is 1. The van der Waals surface area contributed by atoms with E-state index in [2.05, 4.69) is 17.6 Å². The van der Waals surface area contributed by atoms with Gasteiger partial charge in [-0.15, -0.1) is 0 Å². The standard InChI is InChI=1S/C12H14Cl2N2O2/c1-12(6-18-7-12)5-15-11(17)16-10-4-8(13)2-3-9(10)14/h2-4H,5-7H2,1H3,(H2,15,16,17). The van der Waals surface area contributed by atoms with Crippen LogP contribution in [0.2, 0.25) is 10.0 Å². The number of urea groups is 1. The minimum atomic E-state index is -0.299. The van der Waals surface area contributed by atoms with E-state index in [9.17, 15) is 4.79 Å². The Hall–Kier alpha value is -0.970. The van der Waals surface area contributed by atoms with Gasteiger partial charge in [-0.25, -0.2) is 4.79 Å². The molecule has 0 bridgehead atoms. The van der Waals surface area contributed by atoms with E-state index in [4.69, 9.17) is 27.9 Å². The molecule has 18 heavy (non-hydrogen) atoms. The molecule has 1 aliphatic heterocycles. The second-order valence-corrected chi connectivity index (χ2v) is 5.58. The van der Waals surface area contributed by atoms with Gasteiger partial charge < -0.3 is 15.4 Å². The second kappa shape index (κ2) is 5.34. The molecule has 1 heterocycles. The SMILES string of the molecule is CC1(CNC(=O)Nc2cc(Cl)ccc2Cl)COC1. The number of carbonyl (C=O) groups excluding carboxylic acids is 1. The Bertz CT molecular complexity index is 461. The van der Waals surface area contributed by atoms with Gasteiger partial charge in [-0.2, -0.15) is 0 Å². The van der Waals surface area contributed by atoms with Crippen LogP contribution in [0.4, 0.5) is 10.5 Å². The van der Waals surface area contributed by atoms with E-state index in [1.54, 1.807) is 18.2 Å². The van der Waals surface area contributed by atoms with Gasteiger partial charge in [-0.3, -0.25) is 0 Å². The summed E-state index contributed by atoms with van der Waals surface area (Å²) < 4.78 is 5.11. The zero-order chi connectivity index (χ0) is 13.2. The van der Waals surface area contributed by atoms with Crippen LogP contribution in [0.25, 0.3) is 0 Å². The number of amides is 2. The molecule has 0 aliphatic carbocycles. The Balaban J connectivity index is 1.88. The summed E-state index contributed by atoms with van der Waals surface area (Å²) in [7, 11) is 0. The van der Waals surface area contributed by atoms with Crippen LogP contribution in [-0.2, 0) is 4.74 Å². The fraction of sp³-hybridized carbons (Fsp3) is 0.417. The quantitative estimate of drug-likeness (QED) is 0.898. The number of carbonyl (C=O) groups is 1. The molecule has 0 saturated carbocycles. The highest BCUT2D eigenvalue weighted by Gasteiger charge is 2.33. The van der Waals surface area contributed by atoms with Gasteiger partial charge in [0.2, 0.25) is 0 Å². The molecule has 0 unspecified atom stereocenters. The lowest BCUT2D eigenvalue weighted by Crippen LogP contribution is -2.49. The topological polar surface area (TPSA) is 50.4 Å². The molecule has 1 aliphatic rings. The maximum Gasteiger partial charge on any atom is 0.319 e. The van der Waals surface area contributed by atoms with E-state index in [1.807, 2.05) is 0 Å². The highest BCUT2D eigenvalue weighted by Crippen LogP contribution is 2.26. The molecule has 1 fully saturated rings. The van der Waals surface area contributed by atoms with Crippen molar-refractivity contribution in [2.24, 2.45) is 5.41 Å². The van der Waals surface area contributed by atoms with E-state index in [1.165, 1.54) is 0 Å². The summed E-state index contributed by atoms with van der Waals surface area (Å²) in [5.74, 6) is 0. The number of hydrogen-bond acceptors (Lipinski definition) is 2. The van der Waals surface area contributed by atoms with Gasteiger partial charge in [-0.1, -0.05) is 30.1 Å². The third-order valence-corrected chi connectivity index (χ3v) is 3.32. The van der Waals surface area contributed by atoms with Gasteiger partial charge >= 0.3 is 6.03 Å². The molecule has 2 rings (SSSR count). The van der Waals surface area contributed by atoms with Gasteiger partial charge in [0.15, 0.2) is 0 Å². The molecule has 4 nitrogen and oxygen atoms in total. The van der Waals surface area contributed by atoms with Crippen molar-refractivity contribution in [3.05, 3.63) is 28.2 Å². The normalized spacial score (nSPS) is 16.8. The predicted octanol–water partition coefficient (Wildman–Crippen LogP) is 3.15. The van der Waals surface area contributed by atoms with Crippen LogP contribution in [0.1, 0.15) is 6.92 Å². The van der Waals surface area contributed by atoms with Crippen LogP contribution in [0, 0.1) is 5.41 Å². The Morgan fingerprint density at radius 1 is 1.44 bits per heavy atom. The molecule has 6 heteroatoms. The summed E-state index contributed by atoms with van der Waals surface area (Å²) in [4.78, 5) is 11.7. The Morgan fingerprint density at radius 2 is 2.17 bits per heavy atom. The van der Waals surface area contributed by atoms with Crippen LogP contribution in [0.3, 0.4) is 0 Å². The zero-order valence-electron chi connectivity index (χ0n) is 9.93. The van der Waals surface area contributed by atoms with Crippen LogP contribution >= 0.6 is 23.2 Å². The molecule has 0 atom stereocenters. The first-order chi connectivity index (χ1) is 8.48. The van der Waals surface area contributed by atoms with E-state index in [0.29, 0.717) is 35.5 Å². The Kier molecular flexibility index (Phi) is 4.00. The number of benzene rings is 1. The van der Waals surface area contributed by atoms with Crippen molar-refractivity contribution in [2.75, 3.05) is 25.1 Å². The molecule has 0 aromatic heterocycles. The lowest BCUT2D eigenvalue weighted by Gasteiger charge is -2.37. The second-order valence-electron chi connectivity index (χ2n) is 4.74. The van der Waals surface area contributed by atoms with Crippen LogP contribution in [0.5, 0.6) is 0 Å². The number of nitrogens with one attached hydrogen (secondary N) is 2. The van der Waals surface area contributed by atoms with E-state index in [-0.39, 0.29) is 11.4 Å². The first-order valence-electron chi connectivity index (χ1n) is 5.56. The van der Waals surface area contributed by atoms with Crippen molar-refractivity contribution in [1.29, 1.82) is 0 Å². The van der Waals surface area contributed by atoms with Crippen LogP contribution in [0.15, 0.2) is 18.2 Å². The van der Waals surface area contributed by atoms with Gasteiger partial charge in [-0.05, 0) is 18.2 Å². The van der Waals surface area contributed by atoms with Crippen molar-refractivity contribution in [3.8, 4) is 0 Å². The Labute approximate surface area is 116 Å². The molecule has 0 radical (unpaired) electrons. The summed E-state index contributed by atoms with van der Waals surface area (Å²) in [6.45, 7) is 3.97. The van der Waals surface area contributed by atoms with Gasteiger partial charge in [0.1, 0.15) is 0 Å². The number of halogens is 2. The first-order valence-corrected chi connectivity index (χ1v) is 6.32. The van der Waals surface area contributed by atoms with Gasteiger partial charge in [0, 0.05) is 17.0 Å². The summed E-state index contributed by atoms with van der Waals surface area (Å²) in [6, 6.07) is 4.62. The predicted molar refractivity (Wildman–Crippen MR) is 72.4 cm³/mol. The zero-order valence-corrected chi connectivity index (χ0v) is 11.4. The molecular weight excluding hydrogens is 275 g/mol. The maximum atomic E-state index is 11.7. The smallest absolute Gasteiger partial charge is 0.319 e. The molecule has 1 aromatic carbocycles. The van der Waals surface area contributed by atoms with Crippen molar-refractivity contribution in [3.63, 3.8) is 0 Å². The fourth-order valence-corrected chi connectivity index (χ4v) is 1.94. The molecule has 2 N–H and O–H groups in total. The third kappa shape index (κ3) is 3.28. The summed E-state index contributed by atoms with van der Waals surface area (Å²) >= 11 is 11.8. The van der Waals surface area contributed by atoms with E-state index >= 15 is 0 Å². The van der Waals surface area contributed by atoms with Crippen molar-refractivity contribution >= 4 is 34.9 Å².